The number of nitrogens with zero attached hydrogens (tertiary/aromatic N) is 2. The molecule has 8 heteroatoms. The fourth-order valence-electron chi connectivity index (χ4n) is 3.16. The number of aryl methyl sites for hydroxylation is 1. The molecule has 1 aliphatic heterocycles. The number of ether oxygens (including phenoxy) is 1. The molecule has 1 aromatic rings. The van der Waals surface area contributed by atoms with Crippen molar-refractivity contribution < 1.29 is 22.7 Å². The second-order valence-corrected chi connectivity index (χ2v) is 5.79. The molecule has 0 bridgehead atoms. The van der Waals surface area contributed by atoms with Crippen LogP contribution >= 0.6 is 0 Å². The van der Waals surface area contributed by atoms with Gasteiger partial charge in [-0.2, -0.15) is 18.3 Å². The molecule has 3 rings (SSSR count). The fourth-order valence-corrected chi connectivity index (χ4v) is 3.16. The predicted octanol–water partition coefficient (Wildman–Crippen LogP) is 1.78. The number of rotatable bonds is 3. The highest BCUT2D eigenvalue weighted by atomic mass is 19.4. The zero-order valence-electron chi connectivity index (χ0n) is 12.2. The van der Waals surface area contributed by atoms with E-state index in [2.05, 4.69) is 10.2 Å². The van der Waals surface area contributed by atoms with Crippen molar-refractivity contribution in [3.8, 4) is 0 Å². The van der Waals surface area contributed by atoms with Crippen LogP contribution in [0.2, 0.25) is 0 Å². The molecule has 22 heavy (non-hydrogen) atoms. The van der Waals surface area contributed by atoms with Gasteiger partial charge in [-0.3, -0.25) is 9.89 Å². The molecule has 2 heterocycles. The molecule has 0 saturated carbocycles. The molecule has 5 nitrogen and oxygen atoms in total. The Hall–Kier alpha value is -1.57. The normalized spacial score (nSPS) is 22.4. The molecule has 1 aromatic heterocycles. The maximum atomic E-state index is 12.9. The second kappa shape index (κ2) is 5.57. The first-order valence-electron chi connectivity index (χ1n) is 7.43. The average Bonchev–Trinajstić information content (AvgIpc) is 2.84. The highest BCUT2D eigenvalue weighted by Crippen LogP contribution is 2.36. The number of alkyl halides is 3. The number of halogens is 3. The van der Waals surface area contributed by atoms with Gasteiger partial charge in [-0.25, -0.2) is 0 Å². The third kappa shape index (κ3) is 2.71. The summed E-state index contributed by atoms with van der Waals surface area (Å²) in [5.41, 5.74) is -0.220. The summed E-state index contributed by atoms with van der Waals surface area (Å²) in [7, 11) is 0. The van der Waals surface area contributed by atoms with Gasteiger partial charge in [0.1, 0.15) is 0 Å². The Bertz CT molecular complexity index is 564. The number of nitrogens with one attached hydrogen (secondary N) is 1. The number of aromatic nitrogens is 2. The summed E-state index contributed by atoms with van der Waals surface area (Å²) in [6.07, 6.45) is -3.33. The Labute approximate surface area is 125 Å². The topological polar surface area (TPSA) is 58.2 Å². The third-order valence-corrected chi connectivity index (χ3v) is 4.33. The number of carbonyl (C=O) groups is 1. The molecule has 0 aromatic carbocycles. The van der Waals surface area contributed by atoms with Crippen molar-refractivity contribution in [1.82, 2.24) is 15.1 Å². The molecule has 1 atom stereocenters. The lowest BCUT2D eigenvalue weighted by Crippen LogP contribution is -2.56. The number of hydrogen-bond acceptors (Lipinski definition) is 3. The maximum Gasteiger partial charge on any atom is 0.435 e. The number of H-pyrrole nitrogens is 1. The SMILES string of the molecule is CCOC1CN(C(=O)C2CCc3[nH]nc(C(F)(F)F)c3C2)C1. The van der Waals surface area contributed by atoms with Gasteiger partial charge in [0.25, 0.3) is 0 Å². The predicted molar refractivity (Wildman–Crippen MR) is 71.1 cm³/mol. The number of amides is 1. The number of carbonyl (C=O) groups excluding carboxylic acids is 1. The number of aromatic amines is 1. The molecule has 0 radical (unpaired) electrons. The standard InChI is InChI=1S/C14H18F3N3O2/c1-2-22-9-6-20(7-9)13(21)8-3-4-11-10(5-8)12(19-18-11)14(15,16)17/h8-9H,2-7H2,1H3,(H,18,19). The van der Waals surface area contributed by atoms with Crippen LogP contribution in [0.25, 0.3) is 0 Å². The molecular weight excluding hydrogens is 299 g/mol. The van der Waals surface area contributed by atoms with Gasteiger partial charge in [0, 0.05) is 36.9 Å². The van der Waals surface area contributed by atoms with E-state index in [0.29, 0.717) is 38.2 Å². The van der Waals surface area contributed by atoms with Gasteiger partial charge < -0.3 is 9.64 Å². The van der Waals surface area contributed by atoms with Gasteiger partial charge in [-0.1, -0.05) is 0 Å². The van der Waals surface area contributed by atoms with Gasteiger partial charge in [-0.15, -0.1) is 0 Å². The Morgan fingerprint density at radius 2 is 2.18 bits per heavy atom. The van der Waals surface area contributed by atoms with Crippen LogP contribution in [-0.2, 0) is 28.5 Å². The first-order valence-corrected chi connectivity index (χ1v) is 7.43. The first kappa shape index (κ1) is 15.3. The van der Waals surface area contributed by atoms with E-state index in [9.17, 15) is 18.0 Å². The quantitative estimate of drug-likeness (QED) is 0.924. The van der Waals surface area contributed by atoms with E-state index >= 15 is 0 Å². The van der Waals surface area contributed by atoms with E-state index in [-0.39, 0.29) is 24.0 Å². The van der Waals surface area contributed by atoms with Crippen LogP contribution in [0.1, 0.15) is 30.3 Å². The van der Waals surface area contributed by atoms with Crippen molar-refractivity contribution in [2.75, 3.05) is 19.7 Å². The van der Waals surface area contributed by atoms with E-state index < -0.39 is 17.8 Å². The van der Waals surface area contributed by atoms with Gasteiger partial charge in [0.05, 0.1) is 6.10 Å². The summed E-state index contributed by atoms with van der Waals surface area (Å²) in [4.78, 5) is 14.1. The minimum atomic E-state index is -4.48. The summed E-state index contributed by atoms with van der Waals surface area (Å²) >= 11 is 0. The fraction of sp³-hybridized carbons (Fsp3) is 0.714. The van der Waals surface area contributed by atoms with Gasteiger partial charge in [0.2, 0.25) is 5.91 Å². The second-order valence-electron chi connectivity index (χ2n) is 5.79. The largest absolute Gasteiger partial charge is 0.435 e. The van der Waals surface area contributed by atoms with E-state index in [4.69, 9.17) is 4.74 Å². The minimum absolute atomic E-state index is 0.0627. The molecular formula is C14H18F3N3O2. The van der Waals surface area contributed by atoms with Crippen molar-refractivity contribution in [3.05, 3.63) is 17.0 Å². The molecule has 1 aliphatic carbocycles. The van der Waals surface area contributed by atoms with Crippen molar-refractivity contribution in [2.45, 2.75) is 38.5 Å². The molecule has 1 N–H and O–H groups in total. The molecule has 1 amide bonds. The number of hydrogen-bond donors (Lipinski definition) is 1. The summed E-state index contributed by atoms with van der Waals surface area (Å²) in [6, 6.07) is 0. The van der Waals surface area contributed by atoms with E-state index in [0.717, 1.165) is 0 Å². The Morgan fingerprint density at radius 3 is 2.82 bits per heavy atom. The van der Waals surface area contributed by atoms with Gasteiger partial charge >= 0.3 is 6.18 Å². The van der Waals surface area contributed by atoms with Crippen LogP contribution in [0, 0.1) is 5.92 Å². The monoisotopic (exact) mass is 317 g/mol. The Morgan fingerprint density at radius 1 is 1.45 bits per heavy atom. The lowest BCUT2D eigenvalue weighted by atomic mass is 9.84. The van der Waals surface area contributed by atoms with Crippen molar-refractivity contribution in [1.29, 1.82) is 0 Å². The summed E-state index contributed by atoms with van der Waals surface area (Å²) in [5, 5.41) is 5.84. The van der Waals surface area contributed by atoms with Gasteiger partial charge in [0.15, 0.2) is 5.69 Å². The average molecular weight is 317 g/mol. The molecule has 1 saturated heterocycles. The van der Waals surface area contributed by atoms with E-state index in [1.807, 2.05) is 6.92 Å². The van der Waals surface area contributed by atoms with Crippen LogP contribution in [0.3, 0.4) is 0 Å². The highest BCUT2D eigenvalue weighted by molar-refractivity contribution is 5.80. The molecule has 1 fully saturated rings. The first-order chi connectivity index (χ1) is 10.4. The zero-order valence-corrected chi connectivity index (χ0v) is 12.2. The molecule has 2 aliphatic rings. The van der Waals surface area contributed by atoms with Crippen LogP contribution in [-0.4, -0.2) is 46.8 Å². The summed E-state index contributed by atoms with van der Waals surface area (Å²) < 4.78 is 44.1. The lowest BCUT2D eigenvalue weighted by molar-refractivity contribution is -0.150. The smallest absolute Gasteiger partial charge is 0.375 e. The Balaban J connectivity index is 1.67. The van der Waals surface area contributed by atoms with Crippen molar-refractivity contribution >= 4 is 5.91 Å². The molecule has 122 valence electrons. The van der Waals surface area contributed by atoms with Crippen LogP contribution in [0.4, 0.5) is 13.2 Å². The molecule has 1 unspecified atom stereocenters. The van der Waals surface area contributed by atoms with Gasteiger partial charge in [-0.05, 0) is 26.2 Å². The van der Waals surface area contributed by atoms with E-state index in [1.165, 1.54) is 0 Å². The number of likely N-dealkylation sites (tertiary alicyclic amines) is 1. The Kier molecular flexibility index (Phi) is 3.88. The summed E-state index contributed by atoms with van der Waals surface area (Å²) in [6.45, 7) is 3.56. The number of fused-ring (bicyclic) bond motifs is 1. The zero-order chi connectivity index (χ0) is 15.9. The lowest BCUT2D eigenvalue weighted by Gasteiger charge is -2.41. The maximum absolute atomic E-state index is 12.9. The van der Waals surface area contributed by atoms with Crippen LogP contribution in [0.15, 0.2) is 0 Å². The van der Waals surface area contributed by atoms with Crippen LogP contribution in [0.5, 0.6) is 0 Å². The molecule has 0 spiro atoms. The van der Waals surface area contributed by atoms with Crippen molar-refractivity contribution in [3.63, 3.8) is 0 Å². The summed E-state index contributed by atoms with van der Waals surface area (Å²) in [5.74, 6) is -0.468. The minimum Gasteiger partial charge on any atom is -0.375 e. The van der Waals surface area contributed by atoms with Crippen LogP contribution < -0.4 is 0 Å². The highest BCUT2D eigenvalue weighted by Gasteiger charge is 2.42. The third-order valence-electron chi connectivity index (χ3n) is 4.33. The van der Waals surface area contributed by atoms with Crippen molar-refractivity contribution in [2.24, 2.45) is 5.92 Å². The van der Waals surface area contributed by atoms with E-state index in [1.54, 1.807) is 4.90 Å².